The van der Waals surface area contributed by atoms with Gasteiger partial charge in [-0.05, 0) is 48.1 Å². The minimum atomic E-state index is -1.10. The number of hydrogen-bond acceptors (Lipinski definition) is 6. The SMILES string of the molecule is CCOC(=O)/C=C/[C@H](Cc1ccccc1)NC(=O)[C@H](Cc1ccc(F)cc1)NC(=O)[C@@H](NC(=O)OCc1ccccc1)C(C)C. The first-order valence-corrected chi connectivity index (χ1v) is 14.9. The second kappa shape index (κ2) is 18.0. The van der Waals surface area contributed by atoms with Crippen molar-refractivity contribution in [2.24, 2.45) is 5.92 Å². The molecule has 10 heteroatoms. The summed E-state index contributed by atoms with van der Waals surface area (Å²) in [5, 5.41) is 8.28. The first kappa shape index (κ1) is 34.5. The molecule has 0 fully saturated rings. The van der Waals surface area contributed by atoms with E-state index in [1.165, 1.54) is 30.3 Å². The molecule has 0 aliphatic heterocycles. The number of carbonyl (C=O) groups excluding carboxylic acids is 4. The van der Waals surface area contributed by atoms with Crippen LogP contribution in [0.15, 0.2) is 97.1 Å². The van der Waals surface area contributed by atoms with Gasteiger partial charge in [0.15, 0.2) is 0 Å². The summed E-state index contributed by atoms with van der Waals surface area (Å²) in [6, 6.07) is 21.4. The molecule has 3 amide bonds. The third-order valence-corrected chi connectivity index (χ3v) is 6.80. The van der Waals surface area contributed by atoms with Crippen molar-refractivity contribution in [1.82, 2.24) is 16.0 Å². The molecule has 3 aromatic carbocycles. The van der Waals surface area contributed by atoms with Crippen LogP contribution in [0.4, 0.5) is 9.18 Å². The van der Waals surface area contributed by atoms with Gasteiger partial charge in [0, 0.05) is 12.5 Å². The lowest BCUT2D eigenvalue weighted by Gasteiger charge is -2.26. The molecule has 0 radical (unpaired) electrons. The Hall–Kier alpha value is -4.99. The summed E-state index contributed by atoms with van der Waals surface area (Å²) in [4.78, 5) is 51.9. The number of alkyl carbamates (subject to hydrolysis) is 1. The number of amides is 3. The topological polar surface area (TPSA) is 123 Å². The normalized spacial score (nSPS) is 13.0. The maximum atomic E-state index is 13.7. The van der Waals surface area contributed by atoms with Crippen LogP contribution >= 0.6 is 0 Å². The number of hydrogen-bond donors (Lipinski definition) is 3. The Bertz CT molecular complexity index is 1410. The lowest BCUT2D eigenvalue weighted by molar-refractivity contribution is -0.137. The first-order chi connectivity index (χ1) is 21.6. The highest BCUT2D eigenvalue weighted by molar-refractivity contribution is 5.92. The number of carbonyl (C=O) groups is 4. The fourth-order valence-corrected chi connectivity index (χ4v) is 4.46. The average molecular weight is 618 g/mol. The molecule has 238 valence electrons. The molecule has 9 nitrogen and oxygen atoms in total. The summed E-state index contributed by atoms with van der Waals surface area (Å²) in [6.07, 6.45) is 2.43. The van der Waals surface area contributed by atoms with Gasteiger partial charge in [0.1, 0.15) is 24.5 Å². The molecule has 3 atom stereocenters. The van der Waals surface area contributed by atoms with Crippen LogP contribution in [0.3, 0.4) is 0 Å². The van der Waals surface area contributed by atoms with E-state index in [9.17, 15) is 23.6 Å². The molecular weight excluding hydrogens is 577 g/mol. The van der Waals surface area contributed by atoms with Gasteiger partial charge < -0.3 is 25.4 Å². The highest BCUT2D eigenvalue weighted by Crippen LogP contribution is 2.11. The van der Waals surface area contributed by atoms with E-state index in [2.05, 4.69) is 16.0 Å². The van der Waals surface area contributed by atoms with E-state index >= 15 is 0 Å². The quantitative estimate of drug-likeness (QED) is 0.169. The van der Waals surface area contributed by atoms with Crippen molar-refractivity contribution in [1.29, 1.82) is 0 Å². The Morgan fingerprint density at radius 3 is 1.93 bits per heavy atom. The second-order valence-electron chi connectivity index (χ2n) is 10.7. The Balaban J connectivity index is 1.78. The molecule has 0 spiro atoms. The van der Waals surface area contributed by atoms with Crippen molar-refractivity contribution < 1.29 is 33.0 Å². The van der Waals surface area contributed by atoms with E-state index in [-0.39, 0.29) is 25.6 Å². The standard InChI is InChI=1S/C35H40FN3O6/c1-4-44-31(40)20-19-29(21-25-11-7-5-8-12-25)37-33(41)30(22-26-15-17-28(36)18-16-26)38-34(42)32(24(2)3)39-35(43)45-23-27-13-9-6-10-14-27/h5-20,24,29-30,32H,4,21-23H2,1-3H3,(H,37,41)(H,38,42)(H,39,43)/b20-19+/t29-,30+,32+/m1/s1. The molecular formula is C35H40FN3O6. The predicted octanol–water partition coefficient (Wildman–Crippen LogP) is 4.65. The van der Waals surface area contributed by atoms with E-state index < -0.39 is 47.8 Å². The lowest BCUT2D eigenvalue weighted by atomic mass is 10.00. The van der Waals surface area contributed by atoms with Crippen LogP contribution < -0.4 is 16.0 Å². The lowest BCUT2D eigenvalue weighted by Crippen LogP contribution is -2.57. The number of nitrogens with one attached hydrogen (secondary N) is 3. The Morgan fingerprint density at radius 1 is 0.733 bits per heavy atom. The molecule has 0 saturated carbocycles. The Labute approximate surface area is 263 Å². The first-order valence-electron chi connectivity index (χ1n) is 14.9. The largest absolute Gasteiger partial charge is 0.463 e. The number of esters is 1. The zero-order chi connectivity index (χ0) is 32.6. The fraction of sp³-hybridized carbons (Fsp3) is 0.314. The van der Waals surface area contributed by atoms with Crippen LogP contribution in [-0.2, 0) is 43.3 Å². The maximum Gasteiger partial charge on any atom is 0.408 e. The number of benzene rings is 3. The molecule has 0 bridgehead atoms. The van der Waals surface area contributed by atoms with Crippen LogP contribution in [0.2, 0.25) is 0 Å². The molecule has 0 heterocycles. The molecule has 45 heavy (non-hydrogen) atoms. The molecule has 3 rings (SSSR count). The van der Waals surface area contributed by atoms with Crippen LogP contribution in [0, 0.1) is 11.7 Å². The summed E-state index contributed by atoms with van der Waals surface area (Å²) < 4.78 is 23.9. The molecule has 3 N–H and O–H groups in total. The van der Waals surface area contributed by atoms with E-state index in [1.54, 1.807) is 26.8 Å². The van der Waals surface area contributed by atoms with Gasteiger partial charge in [0.05, 0.1) is 12.6 Å². The third-order valence-electron chi connectivity index (χ3n) is 6.80. The Morgan fingerprint density at radius 2 is 1.33 bits per heavy atom. The third kappa shape index (κ3) is 12.3. The number of ether oxygens (including phenoxy) is 2. The van der Waals surface area contributed by atoms with Crippen molar-refractivity contribution in [2.75, 3.05) is 6.61 Å². The maximum absolute atomic E-state index is 13.7. The van der Waals surface area contributed by atoms with Gasteiger partial charge in [-0.3, -0.25) is 9.59 Å². The smallest absolute Gasteiger partial charge is 0.408 e. The molecule has 0 saturated heterocycles. The fourth-order valence-electron chi connectivity index (χ4n) is 4.46. The molecule has 3 aromatic rings. The molecule has 0 aliphatic carbocycles. The van der Waals surface area contributed by atoms with Crippen LogP contribution in [0.25, 0.3) is 0 Å². The van der Waals surface area contributed by atoms with Crippen LogP contribution in [0.1, 0.15) is 37.5 Å². The number of rotatable bonds is 15. The highest BCUT2D eigenvalue weighted by Gasteiger charge is 2.30. The average Bonchev–Trinajstić information content (AvgIpc) is 3.03. The monoisotopic (exact) mass is 617 g/mol. The highest BCUT2D eigenvalue weighted by atomic mass is 19.1. The van der Waals surface area contributed by atoms with Gasteiger partial charge in [-0.25, -0.2) is 14.0 Å². The van der Waals surface area contributed by atoms with Gasteiger partial charge in [-0.15, -0.1) is 0 Å². The summed E-state index contributed by atoms with van der Waals surface area (Å²) in [5.41, 5.74) is 2.31. The van der Waals surface area contributed by atoms with Crippen molar-refractivity contribution in [3.05, 3.63) is 120 Å². The van der Waals surface area contributed by atoms with E-state index in [0.717, 1.165) is 11.1 Å². The Kier molecular flexibility index (Phi) is 13.8. The molecule has 0 unspecified atom stereocenters. The minimum absolute atomic E-state index is 0.0246. The predicted molar refractivity (Wildman–Crippen MR) is 168 cm³/mol. The van der Waals surface area contributed by atoms with Crippen LogP contribution in [0.5, 0.6) is 0 Å². The summed E-state index contributed by atoms with van der Waals surface area (Å²) >= 11 is 0. The van der Waals surface area contributed by atoms with Gasteiger partial charge in [0.25, 0.3) is 0 Å². The minimum Gasteiger partial charge on any atom is -0.463 e. The summed E-state index contributed by atoms with van der Waals surface area (Å²) in [6.45, 7) is 5.44. The van der Waals surface area contributed by atoms with Crippen molar-refractivity contribution in [3.63, 3.8) is 0 Å². The zero-order valence-electron chi connectivity index (χ0n) is 25.7. The van der Waals surface area contributed by atoms with Gasteiger partial charge in [-0.1, -0.05) is 92.7 Å². The van der Waals surface area contributed by atoms with E-state index in [0.29, 0.717) is 12.0 Å². The van der Waals surface area contributed by atoms with E-state index in [1.807, 2.05) is 60.7 Å². The second-order valence-corrected chi connectivity index (χ2v) is 10.7. The van der Waals surface area contributed by atoms with E-state index in [4.69, 9.17) is 9.47 Å². The molecule has 0 aromatic heterocycles. The zero-order valence-corrected chi connectivity index (χ0v) is 25.7. The van der Waals surface area contributed by atoms with Crippen molar-refractivity contribution >= 4 is 23.9 Å². The van der Waals surface area contributed by atoms with Gasteiger partial charge in [0.2, 0.25) is 11.8 Å². The van der Waals surface area contributed by atoms with Gasteiger partial charge in [-0.2, -0.15) is 0 Å². The summed E-state index contributed by atoms with van der Waals surface area (Å²) in [5.74, 6) is -2.45. The van der Waals surface area contributed by atoms with Gasteiger partial charge >= 0.3 is 12.1 Å². The van der Waals surface area contributed by atoms with Crippen LogP contribution in [-0.4, -0.2) is 48.6 Å². The molecule has 0 aliphatic rings. The van der Waals surface area contributed by atoms with Crippen molar-refractivity contribution in [2.45, 2.75) is 58.3 Å². The van der Waals surface area contributed by atoms with Crippen molar-refractivity contribution in [3.8, 4) is 0 Å². The number of halogens is 1. The summed E-state index contributed by atoms with van der Waals surface area (Å²) in [7, 11) is 0.